The van der Waals surface area contributed by atoms with E-state index in [1.807, 2.05) is 13.8 Å². The Morgan fingerprint density at radius 2 is 2.00 bits per heavy atom. The molecular weight excluding hydrogens is 340 g/mol. The lowest BCUT2D eigenvalue weighted by atomic mass is 9.62. The number of halogens is 2. The minimum Gasteiger partial charge on any atom is -0.481 e. The van der Waals surface area contributed by atoms with Gasteiger partial charge in [0.25, 0.3) is 0 Å². The van der Waals surface area contributed by atoms with Crippen molar-refractivity contribution in [2.75, 3.05) is 0 Å². The monoisotopic (exact) mass is 354 g/mol. The van der Waals surface area contributed by atoms with Crippen LogP contribution in [0.25, 0.3) is 0 Å². The van der Waals surface area contributed by atoms with E-state index in [0.717, 1.165) is 12.8 Å². The van der Waals surface area contributed by atoms with Gasteiger partial charge in [-0.1, -0.05) is 45.7 Å². The number of alkyl halides is 2. The molecule has 3 nitrogen and oxygen atoms in total. The van der Waals surface area contributed by atoms with Crippen LogP contribution in [0.4, 0.5) is 0 Å². The molecule has 2 fully saturated rings. The minimum atomic E-state index is -0.789. The molecule has 4 atom stereocenters. The van der Waals surface area contributed by atoms with Gasteiger partial charge in [0.2, 0.25) is 0 Å². The smallest absolute Gasteiger partial charge is 0.303 e. The molecule has 0 heterocycles. The third-order valence-electron chi connectivity index (χ3n) is 4.75. The molecule has 2 bridgehead atoms. The van der Waals surface area contributed by atoms with Crippen molar-refractivity contribution in [1.29, 1.82) is 0 Å². The fourth-order valence-electron chi connectivity index (χ4n) is 3.60. The van der Waals surface area contributed by atoms with Crippen molar-refractivity contribution >= 4 is 37.8 Å². The maximum atomic E-state index is 11.1. The Bertz CT molecular complexity index is 344. The van der Waals surface area contributed by atoms with Crippen LogP contribution in [0.1, 0.15) is 33.1 Å². The Morgan fingerprint density at radius 1 is 1.44 bits per heavy atom. The lowest BCUT2D eigenvalue weighted by Crippen LogP contribution is -2.47. The molecule has 2 aliphatic carbocycles. The SMILES string of the molecule is CC1(C)[C@H](O)[C@@]2(Br)CC[C@]1(CC(=O)O)[C@@H]2Br. The summed E-state index contributed by atoms with van der Waals surface area (Å²) in [6.45, 7) is 3.94. The van der Waals surface area contributed by atoms with Crippen molar-refractivity contribution in [1.82, 2.24) is 0 Å². The Hall–Kier alpha value is 0.390. The van der Waals surface area contributed by atoms with Gasteiger partial charge < -0.3 is 10.2 Å². The van der Waals surface area contributed by atoms with Crippen LogP contribution in [0.15, 0.2) is 0 Å². The van der Waals surface area contributed by atoms with Crippen LogP contribution in [-0.4, -0.2) is 31.4 Å². The van der Waals surface area contributed by atoms with Crippen molar-refractivity contribution in [2.24, 2.45) is 10.8 Å². The number of aliphatic hydroxyl groups is 1. The van der Waals surface area contributed by atoms with Gasteiger partial charge in [-0.25, -0.2) is 0 Å². The number of carboxylic acid groups (broad SMARTS) is 1. The van der Waals surface area contributed by atoms with Crippen LogP contribution in [-0.2, 0) is 4.79 Å². The van der Waals surface area contributed by atoms with E-state index in [9.17, 15) is 9.90 Å². The second-order valence-electron chi connectivity index (χ2n) is 5.64. The van der Waals surface area contributed by atoms with Gasteiger partial charge in [-0.15, -0.1) is 0 Å². The van der Waals surface area contributed by atoms with Crippen LogP contribution in [0.5, 0.6) is 0 Å². The van der Waals surface area contributed by atoms with E-state index in [-0.39, 0.29) is 26.4 Å². The molecule has 0 aromatic heterocycles. The Balaban J connectivity index is 2.48. The van der Waals surface area contributed by atoms with Gasteiger partial charge in [0.1, 0.15) is 0 Å². The van der Waals surface area contributed by atoms with Crippen LogP contribution >= 0.6 is 31.9 Å². The molecule has 5 heteroatoms. The van der Waals surface area contributed by atoms with E-state index in [2.05, 4.69) is 31.9 Å². The number of aliphatic hydroxyl groups excluding tert-OH is 1. The zero-order valence-electron chi connectivity index (χ0n) is 9.33. The number of hydrogen-bond acceptors (Lipinski definition) is 2. The zero-order valence-corrected chi connectivity index (χ0v) is 12.5. The molecular formula is C11H16Br2O3. The van der Waals surface area contributed by atoms with E-state index in [1.165, 1.54) is 0 Å². The summed E-state index contributed by atoms with van der Waals surface area (Å²) in [6, 6.07) is 0. The number of carboxylic acids is 1. The molecule has 2 saturated carbocycles. The Morgan fingerprint density at radius 3 is 2.38 bits per heavy atom. The highest BCUT2D eigenvalue weighted by atomic mass is 79.9. The minimum absolute atomic E-state index is 0.00796. The predicted octanol–water partition coefficient (Wildman–Crippen LogP) is 2.54. The van der Waals surface area contributed by atoms with Crippen LogP contribution < -0.4 is 0 Å². The fraction of sp³-hybridized carbons (Fsp3) is 0.909. The van der Waals surface area contributed by atoms with E-state index >= 15 is 0 Å². The lowest BCUT2D eigenvalue weighted by molar-refractivity contribution is -0.143. The van der Waals surface area contributed by atoms with Gasteiger partial charge >= 0.3 is 5.97 Å². The van der Waals surface area contributed by atoms with Crippen molar-refractivity contribution in [3.05, 3.63) is 0 Å². The van der Waals surface area contributed by atoms with Crippen LogP contribution in [0, 0.1) is 10.8 Å². The summed E-state index contributed by atoms with van der Waals surface area (Å²) < 4.78 is -0.369. The molecule has 16 heavy (non-hydrogen) atoms. The highest BCUT2D eigenvalue weighted by Crippen LogP contribution is 2.72. The van der Waals surface area contributed by atoms with Gasteiger partial charge in [-0.05, 0) is 18.3 Å². The first-order chi connectivity index (χ1) is 7.18. The van der Waals surface area contributed by atoms with Crippen molar-refractivity contribution in [2.45, 2.75) is 48.4 Å². The van der Waals surface area contributed by atoms with Crippen molar-refractivity contribution in [3.63, 3.8) is 0 Å². The standard InChI is InChI=1S/C11H16Br2O3/c1-9(2)8(16)11(13)4-3-10(9,7(11)12)5-6(14)15/h7-8,16H,3-5H2,1-2H3,(H,14,15)/t7-,8-,10-,11+/m0/s1. The summed E-state index contributed by atoms with van der Waals surface area (Å²) in [5.41, 5.74) is -0.747. The summed E-state index contributed by atoms with van der Waals surface area (Å²) in [5.74, 6) is -0.789. The number of carbonyl (C=O) groups is 1. The number of aliphatic carboxylic acids is 1. The van der Waals surface area contributed by atoms with E-state index in [4.69, 9.17) is 5.11 Å². The normalized spacial score (nSPS) is 49.6. The molecule has 2 aliphatic rings. The van der Waals surface area contributed by atoms with Crippen LogP contribution in [0.2, 0.25) is 0 Å². The summed E-state index contributed by atoms with van der Waals surface area (Å²) in [6.07, 6.45) is 1.25. The molecule has 0 saturated heterocycles. The Kier molecular flexibility index (Phi) is 2.77. The Labute approximate surface area is 112 Å². The van der Waals surface area contributed by atoms with Gasteiger partial charge in [0.15, 0.2) is 0 Å². The average Bonchev–Trinajstić information content (AvgIpc) is 2.46. The van der Waals surface area contributed by atoms with Gasteiger partial charge in [-0.3, -0.25) is 4.79 Å². The topological polar surface area (TPSA) is 57.5 Å². The van der Waals surface area contributed by atoms with E-state index < -0.39 is 12.1 Å². The van der Waals surface area contributed by atoms with Crippen LogP contribution in [0.3, 0.4) is 0 Å². The summed E-state index contributed by atoms with van der Waals surface area (Å²) in [4.78, 5) is 11.1. The molecule has 0 radical (unpaired) electrons. The summed E-state index contributed by atoms with van der Waals surface area (Å²) in [5, 5.41) is 19.5. The lowest BCUT2D eigenvalue weighted by Gasteiger charge is -2.45. The quantitative estimate of drug-likeness (QED) is 0.748. The van der Waals surface area contributed by atoms with Crippen molar-refractivity contribution < 1.29 is 15.0 Å². The molecule has 2 rings (SSSR count). The highest BCUT2D eigenvalue weighted by Gasteiger charge is 2.74. The predicted molar refractivity (Wildman–Crippen MR) is 68.1 cm³/mol. The van der Waals surface area contributed by atoms with Gasteiger partial charge in [0, 0.05) is 10.2 Å². The second kappa shape index (κ2) is 3.45. The molecule has 0 spiro atoms. The fourth-order valence-corrected chi connectivity index (χ4v) is 6.27. The van der Waals surface area contributed by atoms with Crippen molar-refractivity contribution in [3.8, 4) is 0 Å². The molecule has 0 aromatic carbocycles. The number of fused-ring (bicyclic) bond motifs is 2. The summed E-state index contributed by atoms with van der Waals surface area (Å²) >= 11 is 7.25. The number of rotatable bonds is 2. The largest absolute Gasteiger partial charge is 0.481 e. The second-order valence-corrected chi connectivity index (χ2v) is 8.03. The van der Waals surface area contributed by atoms with Gasteiger partial charge in [-0.2, -0.15) is 0 Å². The maximum Gasteiger partial charge on any atom is 0.303 e. The zero-order chi connectivity index (χ0) is 12.4. The molecule has 0 unspecified atom stereocenters. The summed E-state index contributed by atoms with van der Waals surface area (Å²) in [7, 11) is 0. The van der Waals surface area contributed by atoms with E-state index in [1.54, 1.807) is 0 Å². The van der Waals surface area contributed by atoms with Gasteiger partial charge in [0.05, 0.1) is 16.8 Å². The first kappa shape index (κ1) is 12.8. The first-order valence-electron chi connectivity index (χ1n) is 5.41. The average molecular weight is 356 g/mol. The van der Waals surface area contributed by atoms with E-state index in [0.29, 0.717) is 0 Å². The first-order valence-corrected chi connectivity index (χ1v) is 7.12. The number of hydrogen-bond donors (Lipinski definition) is 2. The highest BCUT2D eigenvalue weighted by molar-refractivity contribution is 9.12. The molecule has 2 N–H and O–H groups in total. The third kappa shape index (κ3) is 1.25. The maximum absolute atomic E-state index is 11.1. The third-order valence-corrected chi connectivity index (χ3v) is 8.34. The molecule has 92 valence electrons. The molecule has 0 aromatic rings. The molecule has 0 aliphatic heterocycles. The molecule has 0 amide bonds.